The second kappa shape index (κ2) is 5.58. The third kappa shape index (κ3) is 3.77. The van der Waals surface area contributed by atoms with Gasteiger partial charge >= 0.3 is 6.18 Å². The minimum absolute atomic E-state index is 0.226. The summed E-state index contributed by atoms with van der Waals surface area (Å²) in [6.45, 7) is 0. The fraction of sp³-hybridized carbons (Fsp3) is 0.167. The molecule has 8 heteroatoms. The standard InChI is InChI=1S/C12H11F3N4S/c13-12(14,15)8-3-1-2-7(4-8)6-20-11-18-9(16)5-10(17)19-11/h1-5H,6H2,(H4,16,17,18,19). The average Bonchev–Trinajstić information content (AvgIpc) is 2.35. The molecule has 1 aromatic carbocycles. The molecule has 106 valence electrons. The number of nitrogens with zero attached hydrogens (tertiary/aromatic N) is 2. The molecule has 0 spiro atoms. The van der Waals surface area contributed by atoms with Crippen molar-refractivity contribution in [3.05, 3.63) is 41.5 Å². The van der Waals surface area contributed by atoms with E-state index in [1.807, 2.05) is 0 Å². The van der Waals surface area contributed by atoms with Gasteiger partial charge in [0.2, 0.25) is 0 Å². The summed E-state index contributed by atoms with van der Waals surface area (Å²) in [6.07, 6.45) is -4.35. The Balaban J connectivity index is 2.11. The van der Waals surface area contributed by atoms with Gasteiger partial charge in [-0.3, -0.25) is 0 Å². The Morgan fingerprint density at radius 1 is 1.05 bits per heavy atom. The summed E-state index contributed by atoms with van der Waals surface area (Å²) in [4.78, 5) is 7.90. The van der Waals surface area contributed by atoms with Crippen LogP contribution in [0.2, 0.25) is 0 Å². The molecule has 1 heterocycles. The van der Waals surface area contributed by atoms with Gasteiger partial charge in [-0.05, 0) is 11.6 Å². The maximum atomic E-state index is 12.6. The monoisotopic (exact) mass is 300 g/mol. The van der Waals surface area contributed by atoms with Crippen molar-refractivity contribution in [2.75, 3.05) is 11.5 Å². The molecular weight excluding hydrogens is 289 g/mol. The van der Waals surface area contributed by atoms with Gasteiger partial charge in [-0.25, -0.2) is 9.97 Å². The lowest BCUT2D eigenvalue weighted by atomic mass is 10.1. The minimum atomic E-state index is -4.35. The third-order valence-corrected chi connectivity index (χ3v) is 3.29. The highest BCUT2D eigenvalue weighted by Crippen LogP contribution is 2.30. The first-order chi connectivity index (χ1) is 9.34. The van der Waals surface area contributed by atoms with Gasteiger partial charge in [-0.15, -0.1) is 0 Å². The van der Waals surface area contributed by atoms with Crippen LogP contribution < -0.4 is 11.5 Å². The van der Waals surface area contributed by atoms with Gasteiger partial charge in [0.05, 0.1) is 5.56 Å². The summed E-state index contributed by atoms with van der Waals surface area (Å²) >= 11 is 1.17. The van der Waals surface area contributed by atoms with E-state index in [1.165, 1.54) is 23.9 Å². The Morgan fingerprint density at radius 2 is 1.70 bits per heavy atom. The van der Waals surface area contributed by atoms with Crippen molar-refractivity contribution in [2.45, 2.75) is 17.1 Å². The van der Waals surface area contributed by atoms with Gasteiger partial charge in [0.25, 0.3) is 0 Å². The zero-order valence-electron chi connectivity index (χ0n) is 10.2. The van der Waals surface area contributed by atoms with Crippen molar-refractivity contribution in [3.8, 4) is 0 Å². The number of hydrogen-bond donors (Lipinski definition) is 2. The summed E-state index contributed by atoms with van der Waals surface area (Å²) in [6, 6.07) is 6.52. The average molecular weight is 300 g/mol. The molecule has 0 bridgehead atoms. The van der Waals surface area contributed by atoms with E-state index in [1.54, 1.807) is 6.07 Å². The minimum Gasteiger partial charge on any atom is -0.383 e. The van der Waals surface area contributed by atoms with Gasteiger partial charge < -0.3 is 11.5 Å². The molecule has 2 aromatic rings. The van der Waals surface area contributed by atoms with Crippen molar-refractivity contribution in [3.63, 3.8) is 0 Å². The maximum absolute atomic E-state index is 12.6. The molecule has 0 saturated heterocycles. The van der Waals surface area contributed by atoms with E-state index in [0.29, 0.717) is 16.5 Å². The smallest absolute Gasteiger partial charge is 0.383 e. The fourth-order valence-electron chi connectivity index (χ4n) is 1.51. The van der Waals surface area contributed by atoms with Crippen molar-refractivity contribution < 1.29 is 13.2 Å². The topological polar surface area (TPSA) is 77.8 Å². The molecule has 0 aliphatic carbocycles. The highest BCUT2D eigenvalue weighted by molar-refractivity contribution is 7.98. The maximum Gasteiger partial charge on any atom is 0.416 e. The normalized spacial score (nSPS) is 11.6. The second-order valence-corrected chi connectivity index (χ2v) is 4.93. The van der Waals surface area contributed by atoms with E-state index in [-0.39, 0.29) is 11.6 Å². The van der Waals surface area contributed by atoms with Gasteiger partial charge in [-0.1, -0.05) is 30.0 Å². The van der Waals surface area contributed by atoms with Gasteiger partial charge in [0.1, 0.15) is 11.6 Å². The summed E-state index contributed by atoms with van der Waals surface area (Å²) < 4.78 is 37.7. The first kappa shape index (κ1) is 14.4. The molecule has 2 rings (SSSR count). The third-order valence-electron chi connectivity index (χ3n) is 2.37. The van der Waals surface area contributed by atoms with Crippen LogP contribution in [0.15, 0.2) is 35.5 Å². The summed E-state index contributed by atoms with van der Waals surface area (Å²) in [5.41, 5.74) is 10.9. The zero-order valence-corrected chi connectivity index (χ0v) is 11.0. The number of halogens is 3. The number of benzene rings is 1. The molecular formula is C12H11F3N4S. The number of thioether (sulfide) groups is 1. The number of aromatic nitrogens is 2. The Kier molecular flexibility index (Phi) is 4.03. The Labute approximate surface area is 117 Å². The number of alkyl halides is 3. The quantitative estimate of drug-likeness (QED) is 0.673. The largest absolute Gasteiger partial charge is 0.416 e. The highest BCUT2D eigenvalue weighted by atomic mass is 32.2. The van der Waals surface area contributed by atoms with E-state index in [9.17, 15) is 13.2 Å². The van der Waals surface area contributed by atoms with Crippen LogP contribution in [-0.2, 0) is 11.9 Å². The number of rotatable bonds is 3. The van der Waals surface area contributed by atoms with E-state index in [2.05, 4.69) is 9.97 Å². The fourth-order valence-corrected chi connectivity index (χ4v) is 2.33. The number of anilines is 2. The van der Waals surface area contributed by atoms with Crippen molar-refractivity contribution >= 4 is 23.4 Å². The van der Waals surface area contributed by atoms with Crippen LogP contribution in [0.4, 0.5) is 24.8 Å². The predicted octanol–water partition coefficient (Wildman–Crippen LogP) is 2.95. The molecule has 4 N–H and O–H groups in total. The predicted molar refractivity (Wildman–Crippen MR) is 71.9 cm³/mol. The van der Waals surface area contributed by atoms with E-state index in [4.69, 9.17) is 11.5 Å². The van der Waals surface area contributed by atoms with Crippen LogP contribution in [0.1, 0.15) is 11.1 Å². The van der Waals surface area contributed by atoms with Crippen LogP contribution in [0.25, 0.3) is 0 Å². The van der Waals surface area contributed by atoms with Crippen LogP contribution in [0.3, 0.4) is 0 Å². The van der Waals surface area contributed by atoms with Crippen molar-refractivity contribution in [2.24, 2.45) is 0 Å². The lowest BCUT2D eigenvalue weighted by Crippen LogP contribution is -2.05. The van der Waals surface area contributed by atoms with E-state index >= 15 is 0 Å². The van der Waals surface area contributed by atoms with E-state index < -0.39 is 11.7 Å². The van der Waals surface area contributed by atoms with Gasteiger partial charge in [0.15, 0.2) is 5.16 Å². The Hall–Kier alpha value is -1.96. The van der Waals surface area contributed by atoms with Crippen molar-refractivity contribution in [1.29, 1.82) is 0 Å². The first-order valence-corrected chi connectivity index (χ1v) is 6.52. The summed E-state index contributed by atoms with van der Waals surface area (Å²) in [5.74, 6) is 0.750. The van der Waals surface area contributed by atoms with Crippen LogP contribution in [0.5, 0.6) is 0 Å². The number of nitrogens with two attached hydrogens (primary N) is 2. The highest BCUT2D eigenvalue weighted by Gasteiger charge is 2.30. The zero-order chi connectivity index (χ0) is 14.8. The second-order valence-electron chi connectivity index (χ2n) is 3.99. The Morgan fingerprint density at radius 3 is 2.30 bits per heavy atom. The Bertz CT molecular complexity index is 596. The molecule has 0 fully saturated rings. The molecule has 4 nitrogen and oxygen atoms in total. The molecule has 0 atom stereocenters. The first-order valence-electron chi connectivity index (χ1n) is 5.53. The molecule has 0 aliphatic heterocycles. The molecule has 0 radical (unpaired) electrons. The van der Waals surface area contributed by atoms with Gasteiger partial charge in [-0.2, -0.15) is 13.2 Å². The molecule has 0 aliphatic rings. The van der Waals surface area contributed by atoms with Gasteiger partial charge in [0, 0.05) is 11.8 Å². The van der Waals surface area contributed by atoms with Crippen LogP contribution in [-0.4, -0.2) is 9.97 Å². The summed E-state index contributed by atoms with van der Waals surface area (Å²) in [7, 11) is 0. The lowest BCUT2D eigenvalue weighted by Gasteiger charge is -2.08. The van der Waals surface area contributed by atoms with E-state index in [0.717, 1.165) is 12.1 Å². The molecule has 0 unspecified atom stereocenters. The number of hydrogen-bond acceptors (Lipinski definition) is 5. The number of nitrogen functional groups attached to an aromatic ring is 2. The molecule has 0 saturated carbocycles. The van der Waals surface area contributed by atoms with Crippen molar-refractivity contribution in [1.82, 2.24) is 9.97 Å². The molecule has 20 heavy (non-hydrogen) atoms. The lowest BCUT2D eigenvalue weighted by molar-refractivity contribution is -0.137. The SMILES string of the molecule is Nc1cc(N)nc(SCc2cccc(C(F)(F)F)c2)n1. The molecule has 1 aromatic heterocycles. The summed E-state index contributed by atoms with van der Waals surface area (Å²) in [5, 5.41) is 0.333. The van der Waals surface area contributed by atoms with Crippen LogP contribution in [0, 0.1) is 0 Å². The van der Waals surface area contributed by atoms with Crippen LogP contribution >= 0.6 is 11.8 Å². The molecule has 0 amide bonds.